The summed E-state index contributed by atoms with van der Waals surface area (Å²) in [5, 5.41) is 0. The van der Waals surface area contributed by atoms with E-state index in [1.807, 2.05) is 6.92 Å². The van der Waals surface area contributed by atoms with Crippen molar-refractivity contribution in [1.82, 2.24) is 0 Å². The third-order valence-electron chi connectivity index (χ3n) is 3.70. The Morgan fingerprint density at radius 3 is 2.09 bits per heavy atom. The predicted octanol–water partition coefficient (Wildman–Crippen LogP) is 3.36. The van der Waals surface area contributed by atoms with Crippen molar-refractivity contribution < 1.29 is 23.8 Å². The van der Waals surface area contributed by atoms with E-state index >= 15 is 0 Å². The molecule has 122 valence electrons. The number of carbonyl (C=O) groups excluding carboxylic acids is 2. The Hall–Kier alpha value is -2.04. The molecule has 0 saturated heterocycles. The van der Waals surface area contributed by atoms with Crippen molar-refractivity contribution >= 4 is 11.9 Å². The van der Waals surface area contributed by atoms with Crippen molar-refractivity contribution in [3.05, 3.63) is 24.3 Å². The molecule has 5 heteroatoms. The van der Waals surface area contributed by atoms with Crippen LogP contribution in [-0.2, 0) is 14.3 Å². The largest absolute Gasteiger partial charge is 0.493 e. The second kappa shape index (κ2) is 8.41. The van der Waals surface area contributed by atoms with Gasteiger partial charge in [0.2, 0.25) is 0 Å². The maximum atomic E-state index is 12.6. The molecule has 0 aliphatic carbocycles. The molecule has 1 rings (SSSR count). The average Bonchev–Trinajstić information content (AvgIpc) is 2.55. The third kappa shape index (κ3) is 3.78. The van der Waals surface area contributed by atoms with Gasteiger partial charge in [0.25, 0.3) is 0 Å². The molecule has 0 radical (unpaired) electrons. The first-order valence-corrected chi connectivity index (χ1v) is 7.58. The summed E-state index contributed by atoms with van der Waals surface area (Å²) in [6, 6.07) is 6.83. The Kier molecular flexibility index (Phi) is 6.89. The lowest BCUT2D eigenvalue weighted by molar-refractivity contribution is -0.168. The smallest absolute Gasteiger partial charge is 0.328 e. The van der Waals surface area contributed by atoms with Crippen molar-refractivity contribution in [3.63, 3.8) is 0 Å². The van der Waals surface area contributed by atoms with Crippen LogP contribution in [0.2, 0.25) is 0 Å². The van der Waals surface area contributed by atoms with E-state index in [2.05, 4.69) is 0 Å². The highest BCUT2D eigenvalue weighted by molar-refractivity contribution is 6.00. The van der Waals surface area contributed by atoms with Crippen molar-refractivity contribution in [3.8, 4) is 11.5 Å². The van der Waals surface area contributed by atoms with Gasteiger partial charge < -0.3 is 14.2 Å². The van der Waals surface area contributed by atoms with E-state index in [4.69, 9.17) is 14.2 Å². The SMILES string of the molecule is CCCOC(=O)C(CC)(CC)C(=O)Oc1ccccc1OC. The molecule has 0 N–H and O–H groups in total. The van der Waals surface area contributed by atoms with Gasteiger partial charge >= 0.3 is 11.9 Å². The molecule has 0 amide bonds. The molecule has 0 unspecified atom stereocenters. The predicted molar refractivity (Wildman–Crippen MR) is 82.9 cm³/mol. The van der Waals surface area contributed by atoms with Crippen LogP contribution in [0.4, 0.5) is 0 Å². The van der Waals surface area contributed by atoms with Crippen LogP contribution in [0, 0.1) is 5.41 Å². The number of esters is 2. The van der Waals surface area contributed by atoms with Gasteiger partial charge in [-0.1, -0.05) is 32.9 Å². The monoisotopic (exact) mass is 308 g/mol. The van der Waals surface area contributed by atoms with E-state index in [1.165, 1.54) is 7.11 Å². The molecule has 0 aliphatic rings. The van der Waals surface area contributed by atoms with Crippen LogP contribution in [-0.4, -0.2) is 25.7 Å². The quantitative estimate of drug-likeness (QED) is 0.418. The standard InChI is InChI=1S/C17H24O5/c1-5-12-21-15(18)17(6-2,7-3)16(19)22-14-11-9-8-10-13(14)20-4/h8-11H,5-7,12H2,1-4H3. The molecule has 0 aliphatic heterocycles. The summed E-state index contributed by atoms with van der Waals surface area (Å²) in [5.41, 5.74) is -1.28. The maximum absolute atomic E-state index is 12.6. The van der Waals surface area contributed by atoms with Crippen LogP contribution >= 0.6 is 0 Å². The number of benzene rings is 1. The zero-order valence-electron chi connectivity index (χ0n) is 13.7. The number of carbonyl (C=O) groups is 2. The van der Waals surface area contributed by atoms with Crippen LogP contribution in [0.3, 0.4) is 0 Å². The van der Waals surface area contributed by atoms with Gasteiger partial charge in [0.15, 0.2) is 16.9 Å². The van der Waals surface area contributed by atoms with E-state index < -0.39 is 17.4 Å². The summed E-state index contributed by atoms with van der Waals surface area (Å²) < 4.78 is 15.8. The van der Waals surface area contributed by atoms with E-state index in [0.29, 0.717) is 37.4 Å². The van der Waals surface area contributed by atoms with Gasteiger partial charge in [0.05, 0.1) is 13.7 Å². The van der Waals surface area contributed by atoms with Crippen LogP contribution in [0.5, 0.6) is 11.5 Å². The normalized spacial score (nSPS) is 10.9. The molecular formula is C17H24O5. The molecule has 5 nitrogen and oxygen atoms in total. The van der Waals surface area contributed by atoms with Crippen molar-refractivity contribution in [2.45, 2.75) is 40.0 Å². The van der Waals surface area contributed by atoms with Gasteiger partial charge in [-0.2, -0.15) is 0 Å². The number of hydrogen-bond acceptors (Lipinski definition) is 5. The summed E-state index contributed by atoms with van der Waals surface area (Å²) in [7, 11) is 1.50. The minimum absolute atomic E-state index is 0.294. The van der Waals surface area contributed by atoms with Crippen molar-refractivity contribution in [1.29, 1.82) is 0 Å². The Balaban J connectivity index is 3.00. The van der Waals surface area contributed by atoms with Crippen molar-refractivity contribution in [2.24, 2.45) is 5.41 Å². The first kappa shape index (κ1) is 18.0. The number of methoxy groups -OCH3 is 1. The average molecular weight is 308 g/mol. The summed E-state index contributed by atoms with van der Waals surface area (Å²) in [6.45, 7) is 5.75. The van der Waals surface area contributed by atoms with Crippen LogP contribution < -0.4 is 9.47 Å². The second-order valence-electron chi connectivity index (χ2n) is 4.97. The molecule has 1 aromatic carbocycles. The van der Waals surface area contributed by atoms with Crippen LogP contribution in [0.1, 0.15) is 40.0 Å². The topological polar surface area (TPSA) is 61.8 Å². The Morgan fingerprint density at radius 1 is 1.00 bits per heavy atom. The molecule has 1 aromatic rings. The number of rotatable bonds is 8. The van der Waals surface area contributed by atoms with Gasteiger partial charge in [0, 0.05) is 0 Å². The zero-order valence-corrected chi connectivity index (χ0v) is 13.7. The minimum atomic E-state index is -1.28. The van der Waals surface area contributed by atoms with Crippen molar-refractivity contribution in [2.75, 3.05) is 13.7 Å². The molecule has 22 heavy (non-hydrogen) atoms. The Labute approximate surface area is 131 Å². The highest BCUT2D eigenvalue weighted by Crippen LogP contribution is 2.33. The minimum Gasteiger partial charge on any atom is -0.493 e. The Morgan fingerprint density at radius 2 is 1.59 bits per heavy atom. The van der Waals surface area contributed by atoms with Gasteiger partial charge in [0.1, 0.15) is 0 Å². The summed E-state index contributed by atoms with van der Waals surface area (Å²) >= 11 is 0. The molecule has 0 bridgehead atoms. The molecule has 0 saturated carbocycles. The van der Waals surface area contributed by atoms with E-state index in [1.54, 1.807) is 38.1 Å². The van der Waals surface area contributed by atoms with E-state index in [-0.39, 0.29) is 0 Å². The second-order valence-corrected chi connectivity index (χ2v) is 4.97. The Bertz CT molecular complexity index is 506. The summed E-state index contributed by atoms with van der Waals surface area (Å²) in [4.78, 5) is 24.9. The highest BCUT2D eigenvalue weighted by atomic mass is 16.6. The van der Waals surface area contributed by atoms with Gasteiger partial charge in [-0.05, 0) is 31.4 Å². The van der Waals surface area contributed by atoms with Gasteiger partial charge in [-0.15, -0.1) is 0 Å². The van der Waals surface area contributed by atoms with E-state index in [0.717, 1.165) is 0 Å². The highest BCUT2D eigenvalue weighted by Gasteiger charge is 2.46. The number of para-hydroxylation sites is 2. The molecule has 0 aromatic heterocycles. The molecule has 0 spiro atoms. The lowest BCUT2D eigenvalue weighted by atomic mass is 9.82. The summed E-state index contributed by atoms with van der Waals surface area (Å²) in [6.07, 6.45) is 1.34. The van der Waals surface area contributed by atoms with E-state index in [9.17, 15) is 9.59 Å². The lowest BCUT2D eigenvalue weighted by Crippen LogP contribution is -2.42. The molecule has 0 heterocycles. The molecule has 0 atom stereocenters. The first-order valence-electron chi connectivity index (χ1n) is 7.58. The summed E-state index contributed by atoms with van der Waals surface area (Å²) in [5.74, 6) is -0.397. The molecule has 0 fully saturated rings. The maximum Gasteiger partial charge on any atom is 0.328 e. The van der Waals surface area contributed by atoms with Gasteiger partial charge in [-0.3, -0.25) is 9.59 Å². The van der Waals surface area contributed by atoms with Crippen LogP contribution in [0.25, 0.3) is 0 Å². The first-order chi connectivity index (χ1) is 10.6. The third-order valence-corrected chi connectivity index (χ3v) is 3.70. The van der Waals surface area contributed by atoms with Gasteiger partial charge in [-0.25, -0.2) is 0 Å². The lowest BCUT2D eigenvalue weighted by Gasteiger charge is -2.27. The fourth-order valence-corrected chi connectivity index (χ4v) is 2.14. The van der Waals surface area contributed by atoms with Crippen LogP contribution in [0.15, 0.2) is 24.3 Å². The fourth-order valence-electron chi connectivity index (χ4n) is 2.14. The number of ether oxygens (including phenoxy) is 3. The number of hydrogen-bond donors (Lipinski definition) is 0. The zero-order chi connectivity index (χ0) is 16.6. The fraction of sp³-hybridized carbons (Fsp3) is 0.529. The molecular weight excluding hydrogens is 284 g/mol.